The third-order valence-corrected chi connectivity index (χ3v) is 1.87. The van der Waals surface area contributed by atoms with Crippen molar-refractivity contribution in [3.63, 3.8) is 0 Å². The van der Waals surface area contributed by atoms with Crippen molar-refractivity contribution in [1.29, 1.82) is 0 Å². The van der Waals surface area contributed by atoms with E-state index in [1.807, 2.05) is 0 Å². The lowest BCUT2D eigenvalue weighted by atomic mass is 10.3. The number of unbranched alkanes of at least 4 members (excludes halogenated alkanes) is 1. The van der Waals surface area contributed by atoms with Crippen molar-refractivity contribution in [3.05, 3.63) is 12.7 Å². The maximum atomic E-state index is 10.8. The minimum atomic E-state index is -0.0936. The van der Waals surface area contributed by atoms with E-state index in [-0.39, 0.29) is 5.91 Å². The van der Waals surface area contributed by atoms with Crippen LogP contribution in [-0.2, 0) is 4.79 Å². The number of nitrogens with zero attached hydrogens (tertiary/aromatic N) is 1. The van der Waals surface area contributed by atoms with E-state index >= 15 is 0 Å². The number of rotatable bonds is 7. The minimum absolute atomic E-state index is 0.0936. The van der Waals surface area contributed by atoms with Gasteiger partial charge < -0.3 is 10.2 Å². The van der Waals surface area contributed by atoms with Crippen LogP contribution in [0.5, 0.6) is 0 Å². The molecule has 0 radical (unpaired) electrons. The summed E-state index contributed by atoms with van der Waals surface area (Å²) < 4.78 is 0. The standard InChI is InChI=1S/C10H20N2O/c1-4-6-8-12(3)9-7-11-10(13)5-2/h5H,2,4,6-9H2,1,3H3,(H,11,13). The monoisotopic (exact) mass is 184 g/mol. The molecule has 0 aliphatic carbocycles. The summed E-state index contributed by atoms with van der Waals surface area (Å²) in [7, 11) is 2.07. The summed E-state index contributed by atoms with van der Waals surface area (Å²) in [6, 6.07) is 0. The van der Waals surface area contributed by atoms with Crippen LogP contribution in [0.2, 0.25) is 0 Å². The van der Waals surface area contributed by atoms with Crippen LogP contribution in [0.3, 0.4) is 0 Å². The van der Waals surface area contributed by atoms with E-state index in [0.29, 0.717) is 6.54 Å². The molecule has 1 N–H and O–H groups in total. The van der Waals surface area contributed by atoms with Crippen molar-refractivity contribution in [1.82, 2.24) is 10.2 Å². The molecule has 0 atom stereocenters. The van der Waals surface area contributed by atoms with Gasteiger partial charge >= 0.3 is 0 Å². The molecule has 0 aliphatic heterocycles. The van der Waals surface area contributed by atoms with Crippen LogP contribution in [0, 0.1) is 0 Å². The van der Waals surface area contributed by atoms with E-state index in [0.717, 1.165) is 13.1 Å². The molecule has 0 aliphatic rings. The lowest BCUT2D eigenvalue weighted by Crippen LogP contribution is -2.32. The zero-order chi connectivity index (χ0) is 10.1. The number of nitrogens with one attached hydrogen (secondary N) is 1. The molecular formula is C10H20N2O. The molecule has 76 valence electrons. The topological polar surface area (TPSA) is 32.3 Å². The van der Waals surface area contributed by atoms with Gasteiger partial charge in [-0.05, 0) is 26.1 Å². The highest BCUT2D eigenvalue weighted by atomic mass is 16.1. The van der Waals surface area contributed by atoms with E-state index in [9.17, 15) is 4.79 Å². The number of hydrogen-bond acceptors (Lipinski definition) is 2. The van der Waals surface area contributed by atoms with E-state index in [2.05, 4.69) is 30.8 Å². The van der Waals surface area contributed by atoms with Gasteiger partial charge in [-0.25, -0.2) is 0 Å². The van der Waals surface area contributed by atoms with Gasteiger partial charge in [-0.3, -0.25) is 4.79 Å². The second-order valence-electron chi connectivity index (χ2n) is 3.15. The van der Waals surface area contributed by atoms with E-state index < -0.39 is 0 Å². The number of amides is 1. The Kier molecular flexibility index (Phi) is 7.30. The van der Waals surface area contributed by atoms with Crippen molar-refractivity contribution in [2.45, 2.75) is 19.8 Å². The van der Waals surface area contributed by atoms with Crippen LogP contribution < -0.4 is 5.32 Å². The van der Waals surface area contributed by atoms with Crippen LogP contribution in [0.4, 0.5) is 0 Å². The maximum Gasteiger partial charge on any atom is 0.243 e. The maximum absolute atomic E-state index is 10.8. The average Bonchev–Trinajstić information content (AvgIpc) is 2.14. The van der Waals surface area contributed by atoms with Crippen LogP contribution in [0.25, 0.3) is 0 Å². The van der Waals surface area contributed by atoms with Gasteiger partial charge in [0.15, 0.2) is 0 Å². The highest BCUT2D eigenvalue weighted by Gasteiger charge is 1.97. The number of hydrogen-bond donors (Lipinski definition) is 1. The van der Waals surface area contributed by atoms with Crippen LogP contribution >= 0.6 is 0 Å². The summed E-state index contributed by atoms with van der Waals surface area (Å²) in [6.07, 6.45) is 3.72. The van der Waals surface area contributed by atoms with Gasteiger partial charge in [-0.2, -0.15) is 0 Å². The third-order valence-electron chi connectivity index (χ3n) is 1.87. The fourth-order valence-electron chi connectivity index (χ4n) is 0.982. The fraction of sp³-hybridized carbons (Fsp3) is 0.700. The second-order valence-corrected chi connectivity index (χ2v) is 3.15. The molecule has 0 spiro atoms. The predicted octanol–water partition coefficient (Wildman–Crippen LogP) is 1.02. The first-order chi connectivity index (χ1) is 6.20. The summed E-state index contributed by atoms with van der Waals surface area (Å²) in [5.41, 5.74) is 0. The lowest BCUT2D eigenvalue weighted by molar-refractivity contribution is -0.116. The van der Waals surface area contributed by atoms with Gasteiger partial charge in [-0.1, -0.05) is 19.9 Å². The molecule has 0 aromatic carbocycles. The quantitative estimate of drug-likeness (QED) is 0.599. The Bertz CT molecular complexity index is 157. The number of carbonyl (C=O) groups is 1. The Hall–Kier alpha value is -0.830. The third kappa shape index (κ3) is 7.53. The van der Waals surface area contributed by atoms with E-state index in [4.69, 9.17) is 0 Å². The Balaban J connectivity index is 3.30. The summed E-state index contributed by atoms with van der Waals surface area (Å²) in [5.74, 6) is -0.0936. The molecule has 3 nitrogen and oxygen atoms in total. The summed E-state index contributed by atoms with van der Waals surface area (Å²) in [6.45, 7) is 8.26. The van der Waals surface area contributed by atoms with Crippen LogP contribution in [-0.4, -0.2) is 37.5 Å². The first kappa shape index (κ1) is 12.2. The van der Waals surface area contributed by atoms with Gasteiger partial charge in [-0.15, -0.1) is 0 Å². The molecule has 0 unspecified atom stereocenters. The van der Waals surface area contributed by atoms with Gasteiger partial charge in [0.1, 0.15) is 0 Å². The van der Waals surface area contributed by atoms with Crippen molar-refractivity contribution in [2.24, 2.45) is 0 Å². The van der Waals surface area contributed by atoms with Crippen molar-refractivity contribution < 1.29 is 4.79 Å². The van der Waals surface area contributed by atoms with Crippen molar-refractivity contribution in [3.8, 4) is 0 Å². The molecule has 0 aromatic rings. The Morgan fingerprint density at radius 2 is 2.23 bits per heavy atom. The molecular weight excluding hydrogens is 164 g/mol. The smallest absolute Gasteiger partial charge is 0.243 e. The van der Waals surface area contributed by atoms with Gasteiger partial charge in [0.05, 0.1) is 0 Å². The normalized spacial score (nSPS) is 10.1. The number of carbonyl (C=O) groups excluding carboxylic acids is 1. The fourth-order valence-corrected chi connectivity index (χ4v) is 0.982. The van der Waals surface area contributed by atoms with Crippen molar-refractivity contribution in [2.75, 3.05) is 26.7 Å². The molecule has 0 heterocycles. The molecule has 0 aromatic heterocycles. The molecule has 0 fully saturated rings. The van der Waals surface area contributed by atoms with E-state index in [1.165, 1.54) is 18.9 Å². The second kappa shape index (κ2) is 7.80. The summed E-state index contributed by atoms with van der Waals surface area (Å²) >= 11 is 0. The molecule has 13 heavy (non-hydrogen) atoms. The van der Waals surface area contributed by atoms with E-state index in [1.54, 1.807) is 0 Å². The zero-order valence-corrected chi connectivity index (χ0v) is 8.68. The Morgan fingerprint density at radius 1 is 1.54 bits per heavy atom. The molecule has 3 heteroatoms. The first-order valence-electron chi connectivity index (χ1n) is 4.79. The number of likely N-dealkylation sites (N-methyl/N-ethyl adjacent to an activating group) is 1. The highest BCUT2D eigenvalue weighted by molar-refractivity contribution is 5.86. The van der Waals surface area contributed by atoms with Gasteiger partial charge in [0.2, 0.25) is 5.91 Å². The van der Waals surface area contributed by atoms with Crippen LogP contribution in [0.1, 0.15) is 19.8 Å². The molecule has 0 saturated heterocycles. The highest BCUT2D eigenvalue weighted by Crippen LogP contribution is 1.89. The van der Waals surface area contributed by atoms with Gasteiger partial charge in [0.25, 0.3) is 0 Å². The molecule has 0 rings (SSSR count). The Labute approximate surface area is 80.8 Å². The molecule has 0 saturated carbocycles. The zero-order valence-electron chi connectivity index (χ0n) is 8.68. The summed E-state index contributed by atoms with van der Waals surface area (Å²) in [5, 5.41) is 2.74. The van der Waals surface area contributed by atoms with Gasteiger partial charge in [0, 0.05) is 13.1 Å². The molecule has 0 bridgehead atoms. The largest absolute Gasteiger partial charge is 0.351 e. The average molecular weight is 184 g/mol. The first-order valence-corrected chi connectivity index (χ1v) is 4.79. The summed E-state index contributed by atoms with van der Waals surface area (Å²) in [4.78, 5) is 13.0. The molecule has 1 amide bonds. The Morgan fingerprint density at radius 3 is 2.77 bits per heavy atom. The predicted molar refractivity (Wildman–Crippen MR) is 55.6 cm³/mol. The minimum Gasteiger partial charge on any atom is -0.351 e. The lowest BCUT2D eigenvalue weighted by Gasteiger charge is -2.15. The van der Waals surface area contributed by atoms with Crippen LogP contribution in [0.15, 0.2) is 12.7 Å². The SMILES string of the molecule is C=CC(=O)NCCN(C)CCCC. The van der Waals surface area contributed by atoms with Crippen molar-refractivity contribution >= 4 is 5.91 Å².